The van der Waals surface area contributed by atoms with Gasteiger partial charge in [0.1, 0.15) is 0 Å². The van der Waals surface area contributed by atoms with E-state index in [4.69, 9.17) is 0 Å². The molecule has 1 radical (unpaired) electrons. The number of hydrogen-bond acceptors (Lipinski definition) is 0. The first kappa shape index (κ1) is 24.6. The van der Waals surface area contributed by atoms with Gasteiger partial charge in [0.25, 0.3) is 0 Å². The Morgan fingerprint density at radius 2 is 0.692 bits per heavy atom. The van der Waals surface area contributed by atoms with Crippen LogP contribution >= 0.6 is 0 Å². The molecule has 6 aromatic rings. The van der Waals surface area contributed by atoms with Gasteiger partial charge in [0, 0.05) is 5.92 Å². The molecule has 0 amide bonds. The van der Waals surface area contributed by atoms with Crippen LogP contribution < -0.4 is 0 Å². The van der Waals surface area contributed by atoms with Crippen molar-refractivity contribution in [3.8, 4) is 44.5 Å². The first-order valence-corrected chi connectivity index (χ1v) is 13.7. The van der Waals surface area contributed by atoms with Crippen molar-refractivity contribution in [3.05, 3.63) is 175 Å². The molecular formula is C39H31. The molecule has 6 aromatic carbocycles. The van der Waals surface area contributed by atoms with Crippen LogP contribution in [-0.2, 0) is 0 Å². The van der Waals surface area contributed by atoms with Crippen LogP contribution in [0.15, 0.2) is 158 Å². The summed E-state index contributed by atoms with van der Waals surface area (Å²) in [6.45, 7) is 2.28. The summed E-state index contributed by atoms with van der Waals surface area (Å²) in [4.78, 5) is 0. The Morgan fingerprint density at radius 3 is 1.03 bits per heavy atom. The van der Waals surface area contributed by atoms with Gasteiger partial charge in [-0.2, -0.15) is 0 Å². The first-order chi connectivity index (χ1) is 19.3. The summed E-state index contributed by atoms with van der Waals surface area (Å²) in [6.07, 6.45) is 0.913. The van der Waals surface area contributed by atoms with Gasteiger partial charge >= 0.3 is 0 Å². The Bertz CT molecular complexity index is 1520. The zero-order chi connectivity index (χ0) is 26.4. The molecule has 0 spiro atoms. The van der Waals surface area contributed by atoms with E-state index < -0.39 is 0 Å². The Morgan fingerprint density at radius 1 is 0.359 bits per heavy atom. The monoisotopic (exact) mass is 499 g/mol. The van der Waals surface area contributed by atoms with Crippen LogP contribution in [-0.4, -0.2) is 0 Å². The molecule has 0 saturated carbocycles. The standard InChI is InChI=1S/C39H31/c1-2-33(36-27-15-25-34(29-17-7-3-8-18-29)38(36)31-21-11-5-12-22-31)37-28-16-26-35(30-19-9-4-10-20-30)39(37)32-23-13-6-14-24-32/h3-28H,2H2,1H3. The lowest BCUT2D eigenvalue weighted by Gasteiger charge is -2.26. The van der Waals surface area contributed by atoms with Gasteiger partial charge in [-0.05, 0) is 62.1 Å². The predicted molar refractivity (Wildman–Crippen MR) is 166 cm³/mol. The largest absolute Gasteiger partial charge is 0.0642 e. The van der Waals surface area contributed by atoms with Gasteiger partial charge in [-0.3, -0.25) is 0 Å². The van der Waals surface area contributed by atoms with Gasteiger partial charge in [0.15, 0.2) is 0 Å². The number of hydrogen-bond donors (Lipinski definition) is 0. The Kier molecular flexibility index (Phi) is 7.19. The number of benzene rings is 6. The van der Waals surface area contributed by atoms with Gasteiger partial charge in [-0.25, -0.2) is 0 Å². The second-order valence-corrected chi connectivity index (χ2v) is 9.75. The van der Waals surface area contributed by atoms with Gasteiger partial charge < -0.3 is 0 Å². The van der Waals surface area contributed by atoms with E-state index in [0.29, 0.717) is 0 Å². The van der Waals surface area contributed by atoms with Crippen molar-refractivity contribution < 1.29 is 0 Å². The van der Waals surface area contributed by atoms with Crippen LogP contribution in [0.3, 0.4) is 0 Å². The van der Waals surface area contributed by atoms with Crippen molar-refractivity contribution in [1.82, 2.24) is 0 Å². The molecule has 0 heterocycles. The van der Waals surface area contributed by atoms with E-state index in [1.165, 1.54) is 61.6 Å². The van der Waals surface area contributed by atoms with E-state index in [-0.39, 0.29) is 0 Å². The minimum absolute atomic E-state index is 0.913. The summed E-state index contributed by atoms with van der Waals surface area (Å²) in [5.41, 5.74) is 12.6. The third-order valence-corrected chi connectivity index (χ3v) is 7.43. The number of rotatable bonds is 7. The normalized spacial score (nSPS) is 11.0. The lowest BCUT2D eigenvalue weighted by molar-refractivity contribution is 0.993. The van der Waals surface area contributed by atoms with Crippen LogP contribution in [0.1, 0.15) is 24.5 Å². The summed E-state index contributed by atoms with van der Waals surface area (Å²) >= 11 is 0. The minimum Gasteiger partial charge on any atom is -0.0642 e. The molecule has 187 valence electrons. The average Bonchev–Trinajstić information content (AvgIpc) is 3.03. The van der Waals surface area contributed by atoms with Crippen LogP contribution in [0.5, 0.6) is 0 Å². The van der Waals surface area contributed by atoms with Crippen molar-refractivity contribution in [2.45, 2.75) is 13.3 Å². The van der Waals surface area contributed by atoms with Gasteiger partial charge in [0.05, 0.1) is 0 Å². The van der Waals surface area contributed by atoms with E-state index in [2.05, 4.69) is 165 Å². The second-order valence-electron chi connectivity index (χ2n) is 9.75. The van der Waals surface area contributed by atoms with Crippen LogP contribution in [0.25, 0.3) is 44.5 Å². The highest BCUT2D eigenvalue weighted by molar-refractivity contribution is 5.91. The summed E-state index contributed by atoms with van der Waals surface area (Å²) in [5, 5.41) is 0. The molecule has 0 bridgehead atoms. The second kappa shape index (κ2) is 11.4. The van der Waals surface area contributed by atoms with Crippen molar-refractivity contribution in [3.63, 3.8) is 0 Å². The molecule has 0 saturated heterocycles. The molecule has 0 N–H and O–H groups in total. The molecule has 0 aliphatic heterocycles. The zero-order valence-corrected chi connectivity index (χ0v) is 22.2. The van der Waals surface area contributed by atoms with Crippen molar-refractivity contribution in [2.24, 2.45) is 0 Å². The molecule has 0 atom stereocenters. The Hall–Kier alpha value is -4.68. The van der Waals surface area contributed by atoms with Crippen LogP contribution in [0.4, 0.5) is 0 Å². The fourth-order valence-corrected chi connectivity index (χ4v) is 5.68. The minimum atomic E-state index is 0.913. The quantitative estimate of drug-likeness (QED) is 0.205. The highest BCUT2D eigenvalue weighted by atomic mass is 14.3. The first-order valence-electron chi connectivity index (χ1n) is 13.7. The maximum atomic E-state index is 2.30. The topological polar surface area (TPSA) is 0 Å². The Balaban J connectivity index is 1.63. The molecule has 0 aliphatic rings. The lowest BCUT2D eigenvalue weighted by Crippen LogP contribution is -2.07. The average molecular weight is 500 g/mol. The summed E-state index contributed by atoms with van der Waals surface area (Å²) in [7, 11) is 0. The van der Waals surface area contributed by atoms with Gasteiger partial charge in [-0.15, -0.1) is 0 Å². The molecule has 0 fully saturated rings. The van der Waals surface area contributed by atoms with E-state index in [0.717, 1.165) is 6.42 Å². The highest BCUT2D eigenvalue weighted by Gasteiger charge is 2.24. The zero-order valence-electron chi connectivity index (χ0n) is 22.2. The highest BCUT2D eigenvalue weighted by Crippen LogP contribution is 2.45. The molecular weight excluding hydrogens is 468 g/mol. The van der Waals surface area contributed by atoms with Crippen molar-refractivity contribution in [1.29, 1.82) is 0 Å². The van der Waals surface area contributed by atoms with Crippen LogP contribution in [0.2, 0.25) is 0 Å². The molecule has 0 unspecified atom stereocenters. The molecule has 0 aromatic heterocycles. The van der Waals surface area contributed by atoms with Crippen LogP contribution in [0, 0.1) is 5.92 Å². The van der Waals surface area contributed by atoms with Gasteiger partial charge in [-0.1, -0.05) is 165 Å². The van der Waals surface area contributed by atoms with E-state index in [1.54, 1.807) is 0 Å². The van der Waals surface area contributed by atoms with E-state index >= 15 is 0 Å². The van der Waals surface area contributed by atoms with Gasteiger partial charge in [0.2, 0.25) is 0 Å². The molecule has 0 aliphatic carbocycles. The summed E-state index contributed by atoms with van der Waals surface area (Å²) < 4.78 is 0. The van der Waals surface area contributed by atoms with E-state index in [1.807, 2.05) is 0 Å². The molecule has 0 heteroatoms. The van der Waals surface area contributed by atoms with E-state index in [9.17, 15) is 0 Å². The lowest BCUT2D eigenvalue weighted by atomic mass is 9.77. The predicted octanol–water partition coefficient (Wildman–Crippen LogP) is 10.7. The summed E-state index contributed by atoms with van der Waals surface area (Å²) in [6, 6.07) is 56.7. The molecule has 6 rings (SSSR count). The third-order valence-electron chi connectivity index (χ3n) is 7.43. The maximum absolute atomic E-state index is 2.30. The third kappa shape index (κ3) is 4.94. The molecule has 39 heavy (non-hydrogen) atoms. The van der Waals surface area contributed by atoms with Crippen molar-refractivity contribution in [2.75, 3.05) is 0 Å². The maximum Gasteiger partial charge on any atom is 0.0350 e. The fourth-order valence-electron chi connectivity index (χ4n) is 5.68. The molecule has 0 nitrogen and oxygen atoms in total. The smallest absolute Gasteiger partial charge is 0.0350 e. The fraction of sp³-hybridized carbons (Fsp3) is 0.0513. The van der Waals surface area contributed by atoms with Crippen molar-refractivity contribution >= 4 is 0 Å². The summed E-state index contributed by atoms with van der Waals surface area (Å²) in [5.74, 6) is 1.35. The Labute approximate surface area is 232 Å². The SMILES string of the molecule is CC[C](c1cccc(-c2ccccc2)c1-c1ccccc1)c1cccc(-c2ccccc2)c1-c1ccccc1.